The van der Waals surface area contributed by atoms with Crippen LogP contribution in [0.4, 0.5) is 0 Å². The Hall–Kier alpha value is -0.650. The van der Waals surface area contributed by atoms with Crippen LogP contribution in [0.3, 0.4) is 0 Å². The van der Waals surface area contributed by atoms with Gasteiger partial charge in [-0.25, -0.2) is 0 Å². The summed E-state index contributed by atoms with van der Waals surface area (Å²) in [5, 5.41) is 11.3. The lowest BCUT2D eigenvalue weighted by molar-refractivity contribution is -0.146. The van der Waals surface area contributed by atoms with Crippen LogP contribution in [0.25, 0.3) is 0 Å². The number of aliphatic hydroxyl groups is 1. The molecule has 13 heavy (non-hydrogen) atoms. The summed E-state index contributed by atoms with van der Waals surface area (Å²) in [5.41, 5.74) is 0. The van der Waals surface area contributed by atoms with Crippen LogP contribution in [0.5, 0.6) is 0 Å². The number of hydrogen-bond donors (Lipinski definition) is 2. The van der Waals surface area contributed by atoms with Crippen molar-refractivity contribution in [2.75, 3.05) is 33.5 Å². The second-order valence-corrected chi connectivity index (χ2v) is 2.56. The summed E-state index contributed by atoms with van der Waals surface area (Å²) < 4.78 is 9.55. The van der Waals surface area contributed by atoms with Crippen LogP contribution in [0.15, 0.2) is 0 Å². The zero-order valence-corrected chi connectivity index (χ0v) is 8.08. The molecule has 0 aromatic heterocycles. The third-order valence-electron chi connectivity index (χ3n) is 1.45. The SMILES string of the molecule is COCCOC(=O)C(C)NCCO. The molecule has 0 aliphatic heterocycles. The highest BCUT2D eigenvalue weighted by Gasteiger charge is 2.12. The summed E-state index contributed by atoms with van der Waals surface area (Å²) in [6, 6.07) is -0.385. The average Bonchev–Trinajstić information content (AvgIpc) is 2.14. The van der Waals surface area contributed by atoms with Crippen LogP contribution in [0, 0.1) is 0 Å². The van der Waals surface area contributed by atoms with Crippen molar-refractivity contribution in [1.82, 2.24) is 5.32 Å². The molecule has 0 aliphatic rings. The first-order valence-electron chi connectivity index (χ1n) is 4.22. The molecule has 0 fully saturated rings. The van der Waals surface area contributed by atoms with Gasteiger partial charge in [0.15, 0.2) is 0 Å². The standard InChI is InChI=1S/C8H17NO4/c1-7(9-3-4-10)8(11)13-6-5-12-2/h7,9-10H,3-6H2,1-2H3. The summed E-state index contributed by atoms with van der Waals surface area (Å²) >= 11 is 0. The largest absolute Gasteiger partial charge is 0.462 e. The minimum atomic E-state index is -0.385. The molecule has 5 nitrogen and oxygen atoms in total. The van der Waals surface area contributed by atoms with Gasteiger partial charge in [0.1, 0.15) is 12.6 Å². The molecule has 5 heteroatoms. The Kier molecular flexibility index (Phi) is 7.57. The normalized spacial score (nSPS) is 12.5. The predicted octanol–water partition coefficient (Wildman–Crippen LogP) is -0.854. The third-order valence-corrected chi connectivity index (χ3v) is 1.45. The van der Waals surface area contributed by atoms with Crippen LogP contribution in [0.2, 0.25) is 0 Å². The molecular formula is C8H17NO4. The van der Waals surface area contributed by atoms with Crippen LogP contribution in [-0.2, 0) is 14.3 Å². The molecule has 2 N–H and O–H groups in total. The molecule has 0 radical (unpaired) electrons. The summed E-state index contributed by atoms with van der Waals surface area (Å²) in [7, 11) is 1.54. The Morgan fingerprint density at radius 3 is 2.77 bits per heavy atom. The second-order valence-electron chi connectivity index (χ2n) is 2.56. The summed E-state index contributed by atoms with van der Waals surface area (Å²) in [6.45, 7) is 2.75. The van der Waals surface area contributed by atoms with E-state index in [-0.39, 0.29) is 25.2 Å². The number of nitrogens with one attached hydrogen (secondary N) is 1. The van der Waals surface area contributed by atoms with Gasteiger partial charge in [0, 0.05) is 13.7 Å². The van der Waals surface area contributed by atoms with Crippen molar-refractivity contribution in [2.24, 2.45) is 0 Å². The first kappa shape index (κ1) is 12.3. The molecule has 0 saturated heterocycles. The van der Waals surface area contributed by atoms with E-state index in [0.717, 1.165) is 0 Å². The Morgan fingerprint density at radius 1 is 1.54 bits per heavy atom. The Morgan fingerprint density at radius 2 is 2.23 bits per heavy atom. The second kappa shape index (κ2) is 7.97. The van der Waals surface area contributed by atoms with E-state index >= 15 is 0 Å². The first-order valence-corrected chi connectivity index (χ1v) is 4.22. The number of esters is 1. The number of methoxy groups -OCH3 is 1. The Labute approximate surface area is 78.0 Å². The Bertz CT molecular complexity index is 140. The lowest BCUT2D eigenvalue weighted by Gasteiger charge is -2.11. The van der Waals surface area contributed by atoms with Gasteiger partial charge in [-0.3, -0.25) is 4.79 Å². The summed E-state index contributed by atoms with van der Waals surface area (Å²) in [6.07, 6.45) is 0. The fourth-order valence-corrected chi connectivity index (χ4v) is 0.715. The number of rotatable bonds is 7. The van der Waals surface area contributed by atoms with E-state index < -0.39 is 0 Å². The highest BCUT2D eigenvalue weighted by Crippen LogP contribution is 1.87. The molecule has 0 aromatic rings. The fraction of sp³-hybridized carbons (Fsp3) is 0.875. The van der Waals surface area contributed by atoms with Crippen LogP contribution < -0.4 is 5.32 Å². The van der Waals surface area contributed by atoms with Crippen LogP contribution >= 0.6 is 0 Å². The van der Waals surface area contributed by atoms with Crippen LogP contribution in [0.1, 0.15) is 6.92 Å². The predicted molar refractivity (Wildman–Crippen MR) is 47.4 cm³/mol. The quantitative estimate of drug-likeness (QED) is 0.405. The molecule has 1 atom stereocenters. The van der Waals surface area contributed by atoms with E-state index in [0.29, 0.717) is 13.2 Å². The van der Waals surface area contributed by atoms with E-state index in [1.807, 2.05) is 0 Å². The monoisotopic (exact) mass is 191 g/mol. The summed E-state index contributed by atoms with van der Waals surface area (Å²) in [4.78, 5) is 11.1. The van der Waals surface area contributed by atoms with Gasteiger partial charge in [-0.15, -0.1) is 0 Å². The number of carbonyl (C=O) groups excluding carboxylic acids is 1. The molecule has 0 aromatic carbocycles. The molecule has 0 bridgehead atoms. The van der Waals surface area contributed by atoms with E-state index in [1.54, 1.807) is 14.0 Å². The highest BCUT2D eigenvalue weighted by atomic mass is 16.6. The van der Waals surface area contributed by atoms with E-state index in [1.165, 1.54) is 0 Å². The molecular weight excluding hydrogens is 174 g/mol. The number of ether oxygens (including phenoxy) is 2. The van der Waals surface area contributed by atoms with E-state index in [4.69, 9.17) is 14.6 Å². The smallest absolute Gasteiger partial charge is 0.322 e. The molecule has 78 valence electrons. The van der Waals surface area contributed by atoms with Gasteiger partial charge < -0.3 is 19.9 Å². The molecule has 0 saturated carbocycles. The minimum absolute atomic E-state index is 0.00961. The molecule has 1 unspecified atom stereocenters. The van der Waals surface area contributed by atoms with Crippen molar-refractivity contribution in [3.05, 3.63) is 0 Å². The van der Waals surface area contributed by atoms with Gasteiger partial charge in [-0.2, -0.15) is 0 Å². The topological polar surface area (TPSA) is 67.8 Å². The van der Waals surface area contributed by atoms with Gasteiger partial charge in [-0.1, -0.05) is 0 Å². The third kappa shape index (κ3) is 6.51. The van der Waals surface area contributed by atoms with Gasteiger partial charge in [0.25, 0.3) is 0 Å². The van der Waals surface area contributed by atoms with Gasteiger partial charge in [0.2, 0.25) is 0 Å². The Balaban J connectivity index is 3.45. The molecule has 0 heterocycles. The summed E-state index contributed by atoms with van der Waals surface area (Å²) in [5.74, 6) is -0.328. The van der Waals surface area contributed by atoms with E-state index in [9.17, 15) is 4.79 Å². The molecule has 0 aliphatic carbocycles. The average molecular weight is 191 g/mol. The maximum Gasteiger partial charge on any atom is 0.322 e. The lowest BCUT2D eigenvalue weighted by atomic mass is 10.3. The minimum Gasteiger partial charge on any atom is -0.462 e. The van der Waals surface area contributed by atoms with Crippen LogP contribution in [-0.4, -0.2) is 50.6 Å². The van der Waals surface area contributed by atoms with Crippen molar-refractivity contribution >= 4 is 5.97 Å². The van der Waals surface area contributed by atoms with E-state index in [2.05, 4.69) is 5.32 Å². The van der Waals surface area contributed by atoms with Gasteiger partial charge in [-0.05, 0) is 6.92 Å². The van der Waals surface area contributed by atoms with Crippen molar-refractivity contribution in [2.45, 2.75) is 13.0 Å². The zero-order chi connectivity index (χ0) is 10.1. The van der Waals surface area contributed by atoms with Gasteiger partial charge in [0.05, 0.1) is 13.2 Å². The number of carbonyl (C=O) groups is 1. The van der Waals surface area contributed by atoms with Crippen molar-refractivity contribution in [1.29, 1.82) is 0 Å². The highest BCUT2D eigenvalue weighted by molar-refractivity contribution is 5.75. The molecule has 0 rings (SSSR count). The number of hydrogen-bond acceptors (Lipinski definition) is 5. The lowest BCUT2D eigenvalue weighted by Crippen LogP contribution is -2.37. The molecule has 0 spiro atoms. The van der Waals surface area contributed by atoms with Crippen molar-refractivity contribution < 1.29 is 19.4 Å². The molecule has 0 amide bonds. The number of aliphatic hydroxyl groups excluding tert-OH is 1. The van der Waals surface area contributed by atoms with Crippen molar-refractivity contribution in [3.63, 3.8) is 0 Å². The maximum atomic E-state index is 11.1. The maximum absolute atomic E-state index is 11.1. The van der Waals surface area contributed by atoms with Gasteiger partial charge >= 0.3 is 5.97 Å². The van der Waals surface area contributed by atoms with Crippen molar-refractivity contribution in [3.8, 4) is 0 Å². The first-order chi connectivity index (χ1) is 6.22. The fourth-order valence-electron chi connectivity index (χ4n) is 0.715. The zero-order valence-electron chi connectivity index (χ0n) is 8.08.